The van der Waals surface area contributed by atoms with Crippen molar-refractivity contribution in [3.05, 3.63) is 52.2 Å². The standard InChI is InChI=1S/C12H8F3N4O2/c13-12(14,15)11-10(19(20)21)7-18(17-11)6-9-3-1-8(5-16)2-4-9/h1-4,7H,6H2,(H,20,21)/q+1. The van der Waals surface area contributed by atoms with Gasteiger partial charge in [0, 0.05) is 0 Å². The summed E-state index contributed by atoms with van der Waals surface area (Å²) in [5.74, 6) is 0. The number of nitrogens with zero attached hydrogens (tertiary/aromatic N) is 4. The predicted octanol–water partition coefficient (Wildman–Crippen LogP) is 2.62. The highest BCUT2D eigenvalue weighted by Crippen LogP contribution is 2.34. The minimum atomic E-state index is -4.85. The maximum atomic E-state index is 12.7. The summed E-state index contributed by atoms with van der Waals surface area (Å²) in [6, 6.07) is 8.05. The molecule has 1 heterocycles. The summed E-state index contributed by atoms with van der Waals surface area (Å²) < 4.78 is 38.9. The van der Waals surface area contributed by atoms with Crippen molar-refractivity contribution in [2.24, 2.45) is 0 Å². The van der Waals surface area contributed by atoms with Gasteiger partial charge >= 0.3 is 11.9 Å². The van der Waals surface area contributed by atoms with Gasteiger partial charge in [0.15, 0.2) is 0 Å². The van der Waals surface area contributed by atoms with Crippen LogP contribution in [-0.2, 0) is 12.7 Å². The van der Waals surface area contributed by atoms with Gasteiger partial charge in [0.05, 0.1) is 23.1 Å². The smallest absolute Gasteiger partial charge is 0.260 e. The lowest BCUT2D eigenvalue weighted by molar-refractivity contribution is -0.730. The van der Waals surface area contributed by atoms with E-state index in [4.69, 9.17) is 10.5 Å². The Bertz CT molecular complexity index is 714. The third-order valence-corrected chi connectivity index (χ3v) is 2.64. The van der Waals surface area contributed by atoms with E-state index >= 15 is 0 Å². The Balaban J connectivity index is 2.32. The van der Waals surface area contributed by atoms with E-state index in [1.54, 1.807) is 12.1 Å². The SMILES string of the molecule is N#Cc1ccc(Cn2cc([N+](=O)O)c(C(F)(F)F)n2)cc1. The van der Waals surface area contributed by atoms with Crippen molar-refractivity contribution in [1.82, 2.24) is 9.78 Å². The quantitative estimate of drug-likeness (QED) is 0.883. The normalized spacial score (nSPS) is 11.1. The lowest BCUT2D eigenvalue weighted by Crippen LogP contribution is -2.10. The topological polar surface area (TPSA) is 81.9 Å². The average Bonchev–Trinajstić information content (AvgIpc) is 2.84. The van der Waals surface area contributed by atoms with Crippen molar-refractivity contribution < 1.29 is 23.3 Å². The number of halogens is 3. The molecular formula is C12H8F3N4O2+. The molecule has 9 heteroatoms. The Morgan fingerprint density at radius 3 is 2.38 bits per heavy atom. The fourth-order valence-electron chi connectivity index (χ4n) is 1.71. The third-order valence-electron chi connectivity index (χ3n) is 2.64. The van der Waals surface area contributed by atoms with Crippen LogP contribution in [0.15, 0.2) is 30.5 Å². The molecule has 0 fully saturated rings. The molecule has 6 nitrogen and oxygen atoms in total. The number of hydrogen-bond donors (Lipinski definition) is 1. The van der Waals surface area contributed by atoms with E-state index in [1.807, 2.05) is 6.07 Å². The second-order valence-corrected chi connectivity index (χ2v) is 4.14. The van der Waals surface area contributed by atoms with E-state index < -0.39 is 22.5 Å². The van der Waals surface area contributed by atoms with Crippen LogP contribution in [0.2, 0.25) is 0 Å². The highest BCUT2D eigenvalue weighted by Gasteiger charge is 2.44. The van der Waals surface area contributed by atoms with Gasteiger partial charge in [-0.2, -0.15) is 23.5 Å². The maximum absolute atomic E-state index is 12.7. The van der Waals surface area contributed by atoms with Crippen LogP contribution in [0.4, 0.5) is 18.9 Å². The molecule has 0 radical (unpaired) electrons. The number of benzene rings is 1. The van der Waals surface area contributed by atoms with E-state index in [0.717, 1.165) is 10.9 Å². The number of rotatable bonds is 3. The zero-order valence-corrected chi connectivity index (χ0v) is 10.4. The van der Waals surface area contributed by atoms with Crippen molar-refractivity contribution in [1.29, 1.82) is 5.26 Å². The van der Waals surface area contributed by atoms with Crippen LogP contribution in [0, 0.1) is 16.2 Å². The van der Waals surface area contributed by atoms with Crippen LogP contribution < -0.4 is 0 Å². The molecule has 1 aromatic carbocycles. The summed E-state index contributed by atoms with van der Waals surface area (Å²) in [7, 11) is 0. The Kier molecular flexibility index (Phi) is 3.62. The van der Waals surface area contributed by atoms with Gasteiger partial charge in [-0.3, -0.25) is 4.68 Å². The highest BCUT2D eigenvalue weighted by molar-refractivity contribution is 5.35. The molecule has 0 aliphatic rings. The zero-order chi connectivity index (χ0) is 15.6. The van der Waals surface area contributed by atoms with Gasteiger partial charge in [0.1, 0.15) is 6.20 Å². The van der Waals surface area contributed by atoms with Gasteiger partial charge < -0.3 is 0 Å². The van der Waals surface area contributed by atoms with Crippen LogP contribution in [0.5, 0.6) is 0 Å². The van der Waals surface area contributed by atoms with E-state index in [1.165, 1.54) is 12.1 Å². The average molecular weight is 297 g/mol. The molecule has 0 unspecified atom stereocenters. The number of nitriles is 1. The monoisotopic (exact) mass is 297 g/mol. The molecule has 1 aromatic heterocycles. The molecule has 2 aromatic rings. The zero-order valence-electron chi connectivity index (χ0n) is 10.4. The van der Waals surface area contributed by atoms with Crippen molar-refractivity contribution in [3.8, 4) is 6.07 Å². The van der Waals surface area contributed by atoms with E-state index in [-0.39, 0.29) is 6.54 Å². The number of aromatic nitrogens is 2. The molecule has 108 valence electrons. The van der Waals surface area contributed by atoms with Crippen molar-refractivity contribution in [3.63, 3.8) is 0 Å². The highest BCUT2D eigenvalue weighted by atomic mass is 19.4. The molecule has 1 N–H and O–H groups in total. The molecular weight excluding hydrogens is 289 g/mol. The molecule has 0 saturated carbocycles. The van der Waals surface area contributed by atoms with E-state index in [0.29, 0.717) is 11.1 Å². The van der Waals surface area contributed by atoms with Gasteiger partial charge in [-0.05, 0) is 17.7 Å². The summed E-state index contributed by atoms with van der Waals surface area (Å²) >= 11 is 0. The van der Waals surface area contributed by atoms with Gasteiger partial charge in [-0.25, -0.2) is 5.21 Å². The van der Waals surface area contributed by atoms with E-state index in [2.05, 4.69) is 5.10 Å². The summed E-state index contributed by atoms with van der Waals surface area (Å²) in [5, 5.41) is 20.6. The van der Waals surface area contributed by atoms with E-state index in [9.17, 15) is 18.1 Å². The fraction of sp³-hybridized carbons (Fsp3) is 0.167. The van der Waals surface area contributed by atoms with Crippen molar-refractivity contribution in [2.45, 2.75) is 12.7 Å². The largest absolute Gasteiger partial charge is 0.442 e. The van der Waals surface area contributed by atoms with Crippen LogP contribution in [0.25, 0.3) is 0 Å². The third kappa shape index (κ3) is 3.17. The number of hydrogen-bond acceptors (Lipinski definition) is 3. The molecule has 0 spiro atoms. The molecule has 21 heavy (non-hydrogen) atoms. The summed E-state index contributed by atoms with van der Waals surface area (Å²) in [6.45, 7) is -0.0391. The first-order valence-corrected chi connectivity index (χ1v) is 5.61. The second kappa shape index (κ2) is 5.24. The van der Waals surface area contributed by atoms with Crippen LogP contribution in [-0.4, -0.2) is 19.9 Å². The second-order valence-electron chi connectivity index (χ2n) is 4.14. The molecule has 0 aliphatic heterocycles. The van der Waals surface area contributed by atoms with Crippen molar-refractivity contribution >= 4 is 5.69 Å². The summed E-state index contributed by atoms with van der Waals surface area (Å²) in [5.41, 5.74) is -1.44. The lowest BCUT2D eigenvalue weighted by Gasteiger charge is -2.02. The maximum Gasteiger partial charge on any atom is 0.442 e. The Hall–Kier alpha value is -2.89. The van der Waals surface area contributed by atoms with Crippen LogP contribution >= 0.6 is 0 Å². The first-order valence-electron chi connectivity index (χ1n) is 5.61. The molecule has 0 aliphatic carbocycles. The number of alkyl halides is 3. The van der Waals surface area contributed by atoms with Gasteiger partial charge in [-0.15, -0.1) is 0 Å². The Labute approximate surface area is 116 Å². The van der Waals surface area contributed by atoms with Crippen LogP contribution in [0.3, 0.4) is 0 Å². The Morgan fingerprint density at radius 2 is 1.95 bits per heavy atom. The molecule has 2 rings (SSSR count). The fourth-order valence-corrected chi connectivity index (χ4v) is 1.71. The van der Waals surface area contributed by atoms with Gasteiger partial charge in [0.2, 0.25) is 5.69 Å². The van der Waals surface area contributed by atoms with Crippen molar-refractivity contribution in [2.75, 3.05) is 0 Å². The molecule has 0 atom stereocenters. The Morgan fingerprint density at radius 1 is 1.33 bits per heavy atom. The molecule has 0 saturated heterocycles. The van der Waals surface area contributed by atoms with Crippen LogP contribution in [0.1, 0.15) is 16.8 Å². The predicted molar refractivity (Wildman–Crippen MR) is 62.6 cm³/mol. The minimum Gasteiger partial charge on any atom is -0.260 e. The molecule has 0 amide bonds. The lowest BCUT2D eigenvalue weighted by atomic mass is 10.1. The molecule has 0 bridgehead atoms. The van der Waals surface area contributed by atoms with Gasteiger partial charge in [0.25, 0.3) is 4.92 Å². The first-order chi connectivity index (χ1) is 9.81. The summed E-state index contributed by atoms with van der Waals surface area (Å²) in [4.78, 5) is 9.88. The summed E-state index contributed by atoms with van der Waals surface area (Å²) in [6.07, 6.45) is -4.05. The van der Waals surface area contributed by atoms with Gasteiger partial charge in [-0.1, -0.05) is 12.1 Å². The minimum absolute atomic E-state index is 0.0391. The first kappa shape index (κ1) is 14.5.